The minimum atomic E-state index is -0.490. The first-order valence-electron chi connectivity index (χ1n) is 8.63. The maximum absolute atomic E-state index is 12.0. The van der Waals surface area contributed by atoms with Gasteiger partial charge in [-0.05, 0) is 56.3 Å². The van der Waals surface area contributed by atoms with Crippen molar-refractivity contribution in [2.45, 2.75) is 13.8 Å². The van der Waals surface area contributed by atoms with E-state index in [1.165, 1.54) is 0 Å². The molecule has 0 saturated carbocycles. The number of hydrogen-bond acceptors (Lipinski definition) is 5. The highest BCUT2D eigenvalue weighted by Gasteiger charge is 2.14. The lowest BCUT2D eigenvalue weighted by atomic mass is 10.2. The fraction of sp³-hybridized carbons (Fsp3) is 0.143. The summed E-state index contributed by atoms with van der Waals surface area (Å²) in [4.78, 5) is 23.9. The molecule has 3 rings (SSSR count). The first kappa shape index (κ1) is 19.0. The summed E-state index contributed by atoms with van der Waals surface area (Å²) in [6.07, 6.45) is 0. The van der Waals surface area contributed by atoms with Crippen molar-refractivity contribution in [3.63, 3.8) is 0 Å². The number of carbonyl (C=O) groups is 2. The van der Waals surface area contributed by atoms with Crippen molar-refractivity contribution >= 4 is 11.8 Å². The molecule has 0 atom stereocenters. The third-order valence-electron chi connectivity index (χ3n) is 3.77. The molecule has 144 valence electrons. The zero-order valence-electron chi connectivity index (χ0n) is 15.5. The molecule has 0 radical (unpaired) electrons. The lowest BCUT2D eigenvalue weighted by Gasteiger charge is -2.09. The summed E-state index contributed by atoms with van der Waals surface area (Å²) >= 11 is 0. The second-order valence-electron chi connectivity index (χ2n) is 6.00. The minimum Gasteiger partial charge on any atom is -0.484 e. The minimum absolute atomic E-state index is 0.247. The number of furan rings is 1. The zero-order valence-corrected chi connectivity index (χ0v) is 15.5. The van der Waals surface area contributed by atoms with Gasteiger partial charge in [0, 0.05) is 0 Å². The van der Waals surface area contributed by atoms with Gasteiger partial charge < -0.3 is 13.9 Å². The van der Waals surface area contributed by atoms with E-state index in [-0.39, 0.29) is 6.61 Å². The van der Waals surface area contributed by atoms with Crippen LogP contribution >= 0.6 is 0 Å². The average molecular weight is 380 g/mol. The summed E-state index contributed by atoms with van der Waals surface area (Å²) in [5, 5.41) is 0. The van der Waals surface area contributed by atoms with Gasteiger partial charge in [-0.2, -0.15) is 0 Å². The summed E-state index contributed by atoms with van der Waals surface area (Å²) in [7, 11) is 0. The molecule has 2 amide bonds. The molecular weight excluding hydrogens is 360 g/mol. The molecule has 2 N–H and O–H groups in total. The molecule has 1 aromatic heterocycles. The molecule has 3 aromatic rings. The standard InChI is InChI=1S/C21H20N2O5/c1-14-12-19(15(2)27-14)21(25)23-22-20(24)13-26-16-8-10-18(11-9-16)28-17-6-4-3-5-7-17/h3-12H,13H2,1-2H3,(H,22,24)(H,23,25). The van der Waals surface area contributed by atoms with Crippen LogP contribution in [0.2, 0.25) is 0 Å². The Bertz CT molecular complexity index is 949. The van der Waals surface area contributed by atoms with Crippen molar-refractivity contribution in [1.82, 2.24) is 10.9 Å². The highest BCUT2D eigenvalue weighted by Crippen LogP contribution is 2.23. The molecule has 7 nitrogen and oxygen atoms in total. The van der Waals surface area contributed by atoms with Gasteiger partial charge in [0.25, 0.3) is 11.8 Å². The number of amides is 2. The number of hydrazine groups is 1. The Labute approximate surface area is 162 Å². The van der Waals surface area contributed by atoms with Crippen LogP contribution in [0.15, 0.2) is 65.1 Å². The van der Waals surface area contributed by atoms with Crippen LogP contribution in [0.3, 0.4) is 0 Å². The molecule has 0 unspecified atom stereocenters. The van der Waals surface area contributed by atoms with Crippen LogP contribution in [0.1, 0.15) is 21.9 Å². The Hall–Kier alpha value is -3.74. The van der Waals surface area contributed by atoms with E-state index in [0.717, 1.165) is 5.75 Å². The number of nitrogens with one attached hydrogen (secondary N) is 2. The topological polar surface area (TPSA) is 89.8 Å². The number of carbonyl (C=O) groups excluding carboxylic acids is 2. The highest BCUT2D eigenvalue weighted by molar-refractivity contribution is 5.96. The molecule has 0 spiro atoms. The Morgan fingerprint density at radius 1 is 0.893 bits per heavy atom. The maximum atomic E-state index is 12.0. The Morgan fingerprint density at radius 3 is 2.18 bits per heavy atom. The van der Waals surface area contributed by atoms with E-state index in [1.54, 1.807) is 44.2 Å². The third-order valence-corrected chi connectivity index (χ3v) is 3.77. The lowest BCUT2D eigenvalue weighted by molar-refractivity contribution is -0.123. The maximum Gasteiger partial charge on any atom is 0.276 e. The second kappa shape index (κ2) is 8.77. The van der Waals surface area contributed by atoms with Crippen LogP contribution in [0.25, 0.3) is 0 Å². The van der Waals surface area contributed by atoms with E-state index in [2.05, 4.69) is 10.9 Å². The fourth-order valence-corrected chi connectivity index (χ4v) is 2.46. The van der Waals surface area contributed by atoms with Crippen molar-refractivity contribution in [3.8, 4) is 17.2 Å². The molecule has 0 bridgehead atoms. The number of hydrogen-bond donors (Lipinski definition) is 2. The summed E-state index contributed by atoms with van der Waals surface area (Å²) in [5.41, 5.74) is 5.00. The highest BCUT2D eigenvalue weighted by atomic mass is 16.5. The van der Waals surface area contributed by atoms with Crippen LogP contribution in [-0.2, 0) is 4.79 Å². The van der Waals surface area contributed by atoms with Gasteiger partial charge in [-0.1, -0.05) is 18.2 Å². The van der Waals surface area contributed by atoms with E-state index in [9.17, 15) is 9.59 Å². The van der Waals surface area contributed by atoms with Crippen molar-refractivity contribution in [2.24, 2.45) is 0 Å². The monoisotopic (exact) mass is 380 g/mol. The van der Waals surface area contributed by atoms with E-state index in [1.807, 2.05) is 30.3 Å². The zero-order chi connectivity index (χ0) is 19.9. The van der Waals surface area contributed by atoms with Crippen molar-refractivity contribution in [1.29, 1.82) is 0 Å². The van der Waals surface area contributed by atoms with Gasteiger partial charge in [0.15, 0.2) is 6.61 Å². The Kier molecular flexibility index (Phi) is 5.96. The molecule has 0 aliphatic carbocycles. The molecular formula is C21H20N2O5. The number of aryl methyl sites for hydroxylation is 2. The van der Waals surface area contributed by atoms with Crippen LogP contribution in [-0.4, -0.2) is 18.4 Å². The molecule has 1 heterocycles. The van der Waals surface area contributed by atoms with Crippen molar-refractivity contribution in [3.05, 3.63) is 77.7 Å². The number of ether oxygens (including phenoxy) is 2. The van der Waals surface area contributed by atoms with Crippen LogP contribution in [0.5, 0.6) is 17.2 Å². The second-order valence-corrected chi connectivity index (χ2v) is 6.00. The molecule has 0 aliphatic rings. The average Bonchev–Trinajstić information content (AvgIpc) is 3.04. The van der Waals surface area contributed by atoms with Crippen LogP contribution < -0.4 is 20.3 Å². The SMILES string of the molecule is Cc1cc(C(=O)NNC(=O)COc2ccc(Oc3ccccc3)cc2)c(C)o1. The summed E-state index contributed by atoms with van der Waals surface area (Å²) in [6.45, 7) is 3.17. The third kappa shape index (κ3) is 5.14. The van der Waals surface area contributed by atoms with E-state index in [0.29, 0.717) is 28.6 Å². The van der Waals surface area contributed by atoms with E-state index in [4.69, 9.17) is 13.9 Å². The predicted molar refractivity (Wildman–Crippen MR) is 102 cm³/mol. The van der Waals surface area contributed by atoms with Gasteiger partial charge in [-0.3, -0.25) is 20.4 Å². The number of benzene rings is 2. The molecule has 2 aromatic carbocycles. The normalized spacial score (nSPS) is 10.2. The van der Waals surface area contributed by atoms with Gasteiger partial charge in [-0.25, -0.2) is 0 Å². The largest absolute Gasteiger partial charge is 0.484 e. The van der Waals surface area contributed by atoms with E-state index >= 15 is 0 Å². The molecule has 0 saturated heterocycles. The first-order valence-corrected chi connectivity index (χ1v) is 8.63. The summed E-state index contributed by atoms with van der Waals surface area (Å²) in [5.74, 6) is 2.05. The van der Waals surface area contributed by atoms with Crippen LogP contribution in [0, 0.1) is 13.8 Å². The predicted octanol–water partition coefficient (Wildman–Crippen LogP) is 3.53. The van der Waals surface area contributed by atoms with Gasteiger partial charge in [0.05, 0.1) is 5.56 Å². The molecule has 0 aliphatic heterocycles. The van der Waals surface area contributed by atoms with Crippen molar-refractivity contribution < 1.29 is 23.5 Å². The van der Waals surface area contributed by atoms with E-state index < -0.39 is 11.8 Å². The smallest absolute Gasteiger partial charge is 0.276 e. The quantitative estimate of drug-likeness (QED) is 0.639. The molecule has 7 heteroatoms. The lowest BCUT2D eigenvalue weighted by Crippen LogP contribution is -2.43. The van der Waals surface area contributed by atoms with Gasteiger partial charge >= 0.3 is 0 Å². The Morgan fingerprint density at radius 2 is 1.54 bits per heavy atom. The van der Waals surface area contributed by atoms with Crippen LogP contribution in [0.4, 0.5) is 0 Å². The van der Waals surface area contributed by atoms with Crippen molar-refractivity contribution in [2.75, 3.05) is 6.61 Å². The summed E-state index contributed by atoms with van der Waals surface area (Å²) in [6, 6.07) is 17.9. The number of para-hydroxylation sites is 1. The first-order chi connectivity index (χ1) is 13.5. The van der Waals surface area contributed by atoms with Gasteiger partial charge in [-0.15, -0.1) is 0 Å². The Balaban J connectivity index is 1.44. The molecule has 0 fully saturated rings. The van der Waals surface area contributed by atoms with Gasteiger partial charge in [0.2, 0.25) is 0 Å². The summed E-state index contributed by atoms with van der Waals surface area (Å²) < 4.78 is 16.4. The fourth-order valence-electron chi connectivity index (χ4n) is 2.46. The molecule has 28 heavy (non-hydrogen) atoms. The number of rotatable bonds is 6. The van der Waals surface area contributed by atoms with Gasteiger partial charge in [0.1, 0.15) is 28.8 Å².